The molecule has 0 saturated carbocycles. The van der Waals surface area contributed by atoms with E-state index in [0.29, 0.717) is 6.54 Å². The van der Waals surface area contributed by atoms with Gasteiger partial charge in [-0.1, -0.05) is 23.7 Å². The number of halogens is 1. The number of benzene rings is 1. The Morgan fingerprint density at radius 2 is 1.65 bits per heavy atom. The molecule has 2 fully saturated rings. The van der Waals surface area contributed by atoms with Crippen molar-refractivity contribution in [2.45, 2.75) is 64.9 Å². The summed E-state index contributed by atoms with van der Waals surface area (Å²) in [5.41, 5.74) is 0.684. The van der Waals surface area contributed by atoms with Crippen LogP contribution < -0.4 is 0 Å². The Hall–Kier alpha value is -1.34. The topological polar surface area (TPSA) is 45.2 Å². The highest BCUT2D eigenvalue weighted by atomic mass is 35.5. The summed E-state index contributed by atoms with van der Waals surface area (Å²) in [6.07, 6.45) is 1.14. The van der Waals surface area contributed by atoms with Crippen molar-refractivity contribution in [1.29, 1.82) is 0 Å². The molecule has 2 aliphatic rings. The number of hydrogen-bond donors (Lipinski definition) is 0. The maximum absolute atomic E-state index is 12.9. The summed E-state index contributed by atoms with van der Waals surface area (Å²) < 4.78 is 11.6. The first-order valence-electron chi connectivity index (χ1n) is 11.4. The second-order valence-electron chi connectivity index (χ2n) is 9.98. The number of piperazine rings is 1. The summed E-state index contributed by atoms with van der Waals surface area (Å²) in [4.78, 5) is 19.8. The highest BCUT2D eigenvalue weighted by Crippen LogP contribution is 2.20. The highest BCUT2D eigenvalue weighted by Gasteiger charge is 2.33. The van der Waals surface area contributed by atoms with E-state index in [1.807, 2.05) is 49.9 Å². The molecule has 0 bridgehead atoms. The quantitative estimate of drug-likeness (QED) is 0.679. The predicted molar refractivity (Wildman–Crippen MR) is 125 cm³/mol. The molecule has 0 aromatic heterocycles. The third-order valence-electron chi connectivity index (χ3n) is 5.81. The lowest BCUT2D eigenvalue weighted by atomic mass is 10.0. The Labute approximate surface area is 192 Å². The van der Waals surface area contributed by atoms with E-state index in [1.54, 1.807) is 0 Å². The first kappa shape index (κ1) is 24.3. The van der Waals surface area contributed by atoms with Gasteiger partial charge in [0.15, 0.2) is 0 Å². The van der Waals surface area contributed by atoms with Gasteiger partial charge in [0.05, 0.1) is 18.2 Å². The average molecular weight is 452 g/mol. The average Bonchev–Trinajstić information content (AvgIpc) is 2.66. The first-order chi connectivity index (χ1) is 14.6. The molecule has 1 aromatic carbocycles. The maximum Gasteiger partial charge on any atom is 0.410 e. The van der Waals surface area contributed by atoms with Crippen molar-refractivity contribution < 1.29 is 14.3 Å². The molecule has 2 unspecified atom stereocenters. The number of rotatable bonds is 5. The molecule has 7 heteroatoms. The van der Waals surface area contributed by atoms with Gasteiger partial charge in [0, 0.05) is 50.8 Å². The highest BCUT2D eigenvalue weighted by molar-refractivity contribution is 6.30. The third kappa shape index (κ3) is 7.63. The Balaban J connectivity index is 1.63. The lowest BCUT2D eigenvalue weighted by Crippen LogP contribution is -2.58. The summed E-state index contributed by atoms with van der Waals surface area (Å²) in [6.45, 7) is 16.4. The number of ether oxygens (including phenoxy) is 2. The monoisotopic (exact) mass is 451 g/mol. The fraction of sp³-hybridized carbons (Fsp3) is 0.708. The van der Waals surface area contributed by atoms with Crippen LogP contribution in [0.1, 0.15) is 40.2 Å². The zero-order valence-corrected chi connectivity index (χ0v) is 20.4. The van der Waals surface area contributed by atoms with Gasteiger partial charge in [-0.3, -0.25) is 9.80 Å². The van der Waals surface area contributed by atoms with Crippen LogP contribution in [0, 0.1) is 0 Å². The van der Waals surface area contributed by atoms with Crippen LogP contribution in [-0.4, -0.2) is 90.5 Å². The molecule has 31 heavy (non-hydrogen) atoms. The lowest BCUT2D eigenvalue weighted by molar-refractivity contribution is -0.0706. The summed E-state index contributed by atoms with van der Waals surface area (Å²) in [7, 11) is 0. The molecule has 0 N–H and O–H groups in total. The van der Waals surface area contributed by atoms with Gasteiger partial charge in [-0.15, -0.1) is 0 Å². The van der Waals surface area contributed by atoms with Crippen LogP contribution >= 0.6 is 11.6 Å². The van der Waals surface area contributed by atoms with Crippen molar-refractivity contribution in [2.24, 2.45) is 0 Å². The number of carbonyl (C=O) groups is 1. The molecule has 1 amide bonds. The van der Waals surface area contributed by atoms with E-state index in [9.17, 15) is 4.79 Å². The van der Waals surface area contributed by atoms with Crippen LogP contribution in [0.5, 0.6) is 0 Å². The molecule has 0 radical (unpaired) electrons. The van der Waals surface area contributed by atoms with Crippen LogP contribution in [0.2, 0.25) is 5.02 Å². The minimum Gasteiger partial charge on any atom is -0.444 e. The van der Waals surface area contributed by atoms with Crippen LogP contribution in [0.3, 0.4) is 0 Å². The van der Waals surface area contributed by atoms with Gasteiger partial charge in [0.2, 0.25) is 0 Å². The Morgan fingerprint density at radius 1 is 1.03 bits per heavy atom. The SMILES string of the molecule is CC1CN(CCN2CCN(C(=O)OC(C)(C)C)[C@H](Cc3ccc(Cl)cc3)C2)CC(C)O1. The fourth-order valence-electron chi connectivity index (χ4n) is 4.50. The molecule has 2 heterocycles. The fourth-order valence-corrected chi connectivity index (χ4v) is 4.63. The van der Waals surface area contributed by atoms with Crippen LogP contribution in [-0.2, 0) is 15.9 Å². The molecular weight excluding hydrogens is 414 g/mol. The van der Waals surface area contributed by atoms with Crippen molar-refractivity contribution in [1.82, 2.24) is 14.7 Å². The van der Waals surface area contributed by atoms with E-state index in [4.69, 9.17) is 21.1 Å². The van der Waals surface area contributed by atoms with Crippen molar-refractivity contribution in [2.75, 3.05) is 45.8 Å². The molecule has 0 spiro atoms. The Kier molecular flexibility index (Phi) is 8.25. The van der Waals surface area contributed by atoms with E-state index in [-0.39, 0.29) is 24.3 Å². The molecule has 0 aliphatic carbocycles. The molecule has 3 atom stereocenters. The van der Waals surface area contributed by atoms with Crippen LogP contribution in [0.4, 0.5) is 4.79 Å². The number of morpholine rings is 1. The van der Waals surface area contributed by atoms with Crippen molar-refractivity contribution in [3.8, 4) is 0 Å². The van der Waals surface area contributed by atoms with E-state index >= 15 is 0 Å². The number of nitrogens with zero attached hydrogens (tertiary/aromatic N) is 3. The van der Waals surface area contributed by atoms with Gasteiger partial charge >= 0.3 is 6.09 Å². The number of carbonyl (C=O) groups excluding carboxylic acids is 1. The van der Waals surface area contributed by atoms with Gasteiger partial charge < -0.3 is 14.4 Å². The summed E-state index contributed by atoms with van der Waals surface area (Å²) in [5, 5.41) is 0.729. The summed E-state index contributed by atoms with van der Waals surface area (Å²) in [5.74, 6) is 0. The molecule has 6 nitrogen and oxygen atoms in total. The van der Waals surface area contributed by atoms with Crippen molar-refractivity contribution >= 4 is 17.7 Å². The Morgan fingerprint density at radius 3 is 2.26 bits per heavy atom. The molecule has 2 aliphatic heterocycles. The molecule has 1 aromatic rings. The van der Waals surface area contributed by atoms with Gasteiger partial charge in [0.1, 0.15) is 5.60 Å². The molecule has 3 rings (SSSR count). The largest absolute Gasteiger partial charge is 0.444 e. The number of hydrogen-bond acceptors (Lipinski definition) is 5. The predicted octanol–water partition coefficient (Wildman–Crippen LogP) is 3.91. The zero-order valence-electron chi connectivity index (χ0n) is 19.6. The summed E-state index contributed by atoms with van der Waals surface area (Å²) in [6, 6.07) is 8.00. The van der Waals surface area contributed by atoms with Gasteiger partial charge in [-0.2, -0.15) is 0 Å². The summed E-state index contributed by atoms with van der Waals surface area (Å²) >= 11 is 6.06. The maximum atomic E-state index is 12.9. The molecule has 174 valence electrons. The minimum absolute atomic E-state index is 0.0762. The smallest absolute Gasteiger partial charge is 0.410 e. The zero-order chi connectivity index (χ0) is 22.6. The van der Waals surface area contributed by atoms with Crippen molar-refractivity contribution in [3.05, 3.63) is 34.9 Å². The standard InChI is InChI=1S/C24H38ClN3O3/c1-18-15-27(16-19(2)30-18)11-10-26-12-13-28(23(29)31-24(3,4)5)22(17-26)14-20-6-8-21(25)9-7-20/h6-9,18-19,22H,10-17H2,1-5H3/t18?,19?,22-/m1/s1. The molecule has 2 saturated heterocycles. The molecular formula is C24H38ClN3O3. The van der Waals surface area contributed by atoms with E-state index in [2.05, 4.69) is 23.6 Å². The second kappa shape index (κ2) is 10.5. The van der Waals surface area contributed by atoms with E-state index in [1.165, 1.54) is 5.56 Å². The Bertz CT molecular complexity index is 712. The van der Waals surface area contributed by atoms with Gasteiger partial charge in [0.25, 0.3) is 0 Å². The number of amides is 1. The van der Waals surface area contributed by atoms with E-state index in [0.717, 1.165) is 50.7 Å². The van der Waals surface area contributed by atoms with Crippen molar-refractivity contribution in [3.63, 3.8) is 0 Å². The minimum atomic E-state index is -0.497. The van der Waals surface area contributed by atoms with E-state index < -0.39 is 5.60 Å². The van der Waals surface area contributed by atoms with Crippen LogP contribution in [0.15, 0.2) is 24.3 Å². The first-order valence-corrected chi connectivity index (χ1v) is 11.8. The third-order valence-corrected chi connectivity index (χ3v) is 6.06. The van der Waals surface area contributed by atoms with Gasteiger partial charge in [-0.25, -0.2) is 4.79 Å². The van der Waals surface area contributed by atoms with Crippen LogP contribution in [0.25, 0.3) is 0 Å². The normalized spacial score (nSPS) is 26.1. The second-order valence-corrected chi connectivity index (χ2v) is 10.4. The lowest BCUT2D eigenvalue weighted by Gasteiger charge is -2.43. The van der Waals surface area contributed by atoms with Gasteiger partial charge in [-0.05, 0) is 58.7 Å².